The second-order valence-corrected chi connectivity index (χ2v) is 10.5. The molecule has 4 aromatic rings. The van der Waals surface area contributed by atoms with Crippen molar-refractivity contribution in [2.75, 3.05) is 26.8 Å². The van der Waals surface area contributed by atoms with E-state index >= 15 is 0 Å². The first-order valence-electron chi connectivity index (χ1n) is 14.9. The van der Waals surface area contributed by atoms with Crippen LogP contribution in [0.25, 0.3) is 0 Å². The number of methoxy groups -OCH3 is 1. The van der Waals surface area contributed by atoms with Gasteiger partial charge >= 0.3 is 6.18 Å². The van der Waals surface area contributed by atoms with Gasteiger partial charge in [0.2, 0.25) is 0 Å². The number of benzene rings is 3. The van der Waals surface area contributed by atoms with Crippen molar-refractivity contribution in [1.29, 1.82) is 0 Å². The highest BCUT2D eigenvalue weighted by atomic mass is 19.4. The second kappa shape index (κ2) is 14.6. The fourth-order valence-electron chi connectivity index (χ4n) is 6.07. The van der Waals surface area contributed by atoms with Crippen LogP contribution in [0.4, 0.5) is 13.2 Å². The highest BCUT2D eigenvalue weighted by Crippen LogP contribution is 2.45. The number of nitrogens with zero attached hydrogens (tertiary/aromatic N) is 3. The predicted molar refractivity (Wildman–Crippen MR) is 163 cm³/mol. The van der Waals surface area contributed by atoms with Gasteiger partial charge in [-0.3, -0.25) is 4.90 Å². The molecule has 0 unspecified atom stereocenters. The van der Waals surface area contributed by atoms with Crippen molar-refractivity contribution in [3.8, 4) is 5.75 Å². The van der Waals surface area contributed by atoms with Crippen LogP contribution in [-0.2, 0) is 16.5 Å². The van der Waals surface area contributed by atoms with Gasteiger partial charge in [0.05, 0.1) is 19.9 Å². The third kappa shape index (κ3) is 7.25. The van der Waals surface area contributed by atoms with Crippen LogP contribution in [0.2, 0.25) is 0 Å². The maximum absolute atomic E-state index is 11.9. The van der Waals surface area contributed by atoms with Crippen LogP contribution in [0.5, 0.6) is 5.75 Å². The molecule has 8 heteroatoms. The van der Waals surface area contributed by atoms with Gasteiger partial charge in [-0.15, -0.1) is 5.10 Å². The number of hydrogen-bond acceptors (Lipinski definition) is 5. The van der Waals surface area contributed by atoms with Crippen LogP contribution < -0.4 is 4.74 Å². The normalized spacial score (nSPS) is 15.9. The van der Waals surface area contributed by atoms with Crippen LogP contribution in [-0.4, -0.2) is 47.4 Å². The Morgan fingerprint density at radius 1 is 0.767 bits per heavy atom. The highest BCUT2D eigenvalue weighted by molar-refractivity contribution is 5.47. The molecule has 1 aromatic heterocycles. The fourth-order valence-corrected chi connectivity index (χ4v) is 6.07. The van der Waals surface area contributed by atoms with Crippen LogP contribution in [0.15, 0.2) is 103 Å². The van der Waals surface area contributed by atoms with E-state index in [2.05, 4.69) is 111 Å². The smallest absolute Gasteiger partial charge is 0.435 e. The van der Waals surface area contributed by atoms with E-state index in [-0.39, 0.29) is 11.3 Å². The molecule has 2 aliphatic heterocycles. The number of aromatic nitrogens is 2. The summed E-state index contributed by atoms with van der Waals surface area (Å²) in [6.45, 7) is 7.21. The number of rotatable bonds is 7. The Labute approximate surface area is 252 Å². The lowest BCUT2D eigenvalue weighted by atomic mass is 9.79. The van der Waals surface area contributed by atoms with Crippen molar-refractivity contribution in [1.82, 2.24) is 15.1 Å². The monoisotopic (exact) mass is 591 g/mol. The zero-order valence-electron chi connectivity index (χ0n) is 25.1. The largest absolute Gasteiger partial charge is 0.495 e. The lowest BCUT2D eigenvalue weighted by Crippen LogP contribution is -2.46. The summed E-state index contributed by atoms with van der Waals surface area (Å²) < 4.78 is 47.5. The van der Waals surface area contributed by atoms with Crippen LogP contribution in [0, 0.1) is 0 Å². The molecule has 2 fully saturated rings. The van der Waals surface area contributed by atoms with Crippen molar-refractivity contribution < 1.29 is 22.6 Å². The molecule has 2 aliphatic rings. The lowest BCUT2D eigenvalue weighted by Gasteiger charge is -2.40. The summed E-state index contributed by atoms with van der Waals surface area (Å²) in [5, 5.41) is 6.03. The molecule has 0 N–H and O–H groups in total. The Morgan fingerprint density at radius 3 is 1.65 bits per heavy atom. The average molecular weight is 592 g/mol. The molecule has 228 valence electrons. The molecule has 0 saturated carbocycles. The number of halogens is 3. The first-order valence-corrected chi connectivity index (χ1v) is 14.9. The third-order valence-electron chi connectivity index (χ3n) is 8.07. The van der Waals surface area contributed by atoms with E-state index in [0.717, 1.165) is 18.9 Å². The van der Waals surface area contributed by atoms with E-state index in [9.17, 15) is 13.2 Å². The summed E-state index contributed by atoms with van der Waals surface area (Å²) in [5.74, 6) is 0.0392. The van der Waals surface area contributed by atoms with Gasteiger partial charge < -0.3 is 9.47 Å². The number of hydrogen-bond donors (Lipinski definition) is 0. The summed E-state index contributed by atoms with van der Waals surface area (Å²) in [6, 6.07) is 33.0. The Kier molecular flexibility index (Phi) is 10.9. The first kappa shape index (κ1) is 32.2. The number of ether oxygens (including phenoxy) is 2. The van der Waals surface area contributed by atoms with E-state index in [4.69, 9.17) is 4.74 Å². The van der Waals surface area contributed by atoms with Crippen molar-refractivity contribution in [3.05, 3.63) is 126 Å². The van der Waals surface area contributed by atoms with Gasteiger partial charge in [-0.25, -0.2) is 0 Å². The molecule has 0 spiro atoms. The topological polar surface area (TPSA) is 47.5 Å². The van der Waals surface area contributed by atoms with Crippen molar-refractivity contribution in [2.45, 2.75) is 56.8 Å². The van der Waals surface area contributed by atoms with E-state index in [0.29, 0.717) is 0 Å². The minimum atomic E-state index is -4.47. The fraction of sp³-hybridized carbons (Fsp3) is 0.371. The molecule has 0 amide bonds. The summed E-state index contributed by atoms with van der Waals surface area (Å²) in [5.41, 5.74) is 2.13. The first-order chi connectivity index (χ1) is 20.9. The Bertz CT molecular complexity index is 1280. The molecule has 5 nitrogen and oxygen atoms in total. The zero-order valence-corrected chi connectivity index (χ0v) is 25.1. The Morgan fingerprint density at radius 2 is 1.23 bits per heavy atom. The SMILES string of the molecule is CC.COc1cnnc(C(F)(F)F)c1.c1ccc(C(OCC23CCCN2CCC3)(c2ccccc2)c2ccccc2)cc1. The molecule has 2 saturated heterocycles. The Hall–Kier alpha value is -3.75. The minimum Gasteiger partial charge on any atom is -0.495 e. The maximum Gasteiger partial charge on any atom is 0.435 e. The van der Waals surface area contributed by atoms with Crippen molar-refractivity contribution >= 4 is 0 Å². The summed E-state index contributed by atoms with van der Waals surface area (Å²) in [6.07, 6.45) is 1.72. The molecule has 3 heterocycles. The van der Waals surface area contributed by atoms with Gasteiger partial charge in [-0.05, 0) is 55.5 Å². The quantitative estimate of drug-likeness (QED) is 0.203. The van der Waals surface area contributed by atoms with Gasteiger partial charge in [0.25, 0.3) is 0 Å². The third-order valence-corrected chi connectivity index (χ3v) is 8.07. The van der Waals surface area contributed by atoms with Crippen molar-refractivity contribution in [3.63, 3.8) is 0 Å². The van der Waals surface area contributed by atoms with Crippen molar-refractivity contribution in [2.24, 2.45) is 0 Å². The van der Waals surface area contributed by atoms with Gasteiger partial charge in [0.15, 0.2) is 5.69 Å². The summed E-state index contributed by atoms with van der Waals surface area (Å²) in [7, 11) is 1.26. The maximum atomic E-state index is 11.9. The predicted octanol–water partition coefficient (Wildman–Crippen LogP) is 8.15. The van der Waals surface area contributed by atoms with Gasteiger partial charge in [-0.1, -0.05) is 105 Å². The molecular weight excluding hydrogens is 551 g/mol. The minimum absolute atomic E-state index is 0.0392. The summed E-state index contributed by atoms with van der Waals surface area (Å²) in [4.78, 5) is 2.68. The summed E-state index contributed by atoms with van der Waals surface area (Å²) >= 11 is 0. The molecule has 0 bridgehead atoms. The standard InChI is InChI=1S/C27H29NO.C6H5F3N2O.C2H6/c1-4-12-23(13-5-1)27(24-14-6-2-7-15-24,25-16-8-3-9-17-25)29-22-26-18-10-20-28(26)21-11-19-26;1-12-4-2-5(6(7,8)9)11-10-3-4;1-2/h1-9,12-17H,10-11,18-22H2;2-3H,1H3;1-2H3. The van der Waals surface area contributed by atoms with Gasteiger partial charge in [0.1, 0.15) is 11.4 Å². The highest BCUT2D eigenvalue weighted by Gasteiger charge is 2.47. The zero-order chi connectivity index (χ0) is 30.8. The Balaban J connectivity index is 0.000000255. The molecule has 0 atom stereocenters. The van der Waals surface area contributed by atoms with Crippen LogP contribution >= 0.6 is 0 Å². The van der Waals surface area contributed by atoms with E-state index in [1.807, 2.05) is 13.8 Å². The van der Waals surface area contributed by atoms with Crippen LogP contribution in [0.3, 0.4) is 0 Å². The average Bonchev–Trinajstić information content (AvgIpc) is 3.65. The molecule has 6 rings (SSSR count). The van der Waals surface area contributed by atoms with E-state index < -0.39 is 17.5 Å². The molecule has 0 radical (unpaired) electrons. The van der Waals surface area contributed by atoms with E-state index in [1.165, 1.54) is 62.6 Å². The van der Waals surface area contributed by atoms with Gasteiger partial charge in [-0.2, -0.15) is 18.3 Å². The number of fused-ring (bicyclic) bond motifs is 1. The van der Waals surface area contributed by atoms with Gasteiger partial charge in [0, 0.05) is 11.6 Å². The molecule has 0 aliphatic carbocycles. The molecule has 43 heavy (non-hydrogen) atoms. The van der Waals surface area contributed by atoms with Crippen LogP contribution in [0.1, 0.15) is 61.9 Å². The number of alkyl halides is 3. The second-order valence-electron chi connectivity index (χ2n) is 10.5. The lowest BCUT2D eigenvalue weighted by molar-refractivity contribution is -0.141. The molecule has 3 aromatic carbocycles. The van der Waals surface area contributed by atoms with E-state index in [1.54, 1.807) is 0 Å². The molecular formula is C35H40F3N3O2.